The van der Waals surface area contributed by atoms with Gasteiger partial charge in [-0.1, -0.05) is 53.5 Å². The summed E-state index contributed by atoms with van der Waals surface area (Å²) >= 11 is 4.84. The maximum atomic E-state index is 13.3. The van der Waals surface area contributed by atoms with Crippen LogP contribution in [0.2, 0.25) is 0 Å². The summed E-state index contributed by atoms with van der Waals surface area (Å²) in [5, 5.41) is 0.201. The van der Waals surface area contributed by atoms with E-state index in [0.29, 0.717) is 16.2 Å². The topological polar surface area (TPSA) is 37.4 Å². The first kappa shape index (κ1) is 18.9. The molecular formula is C21H20BrNO2S. The fourth-order valence-corrected chi connectivity index (χ4v) is 4.25. The minimum atomic E-state index is -0.257. The molecule has 0 fully saturated rings. The molecule has 3 rings (SSSR count). The van der Waals surface area contributed by atoms with Gasteiger partial charge in [-0.15, -0.1) is 11.8 Å². The Hall–Kier alpha value is -1.85. The van der Waals surface area contributed by atoms with Gasteiger partial charge in [0, 0.05) is 9.72 Å². The molecule has 134 valence electrons. The van der Waals surface area contributed by atoms with Crippen LogP contribution in [0, 0.1) is 13.8 Å². The third kappa shape index (κ3) is 3.51. The number of carbonyl (C=O) groups is 2. The van der Waals surface area contributed by atoms with Crippen LogP contribution in [0.4, 0.5) is 5.69 Å². The number of benzene rings is 2. The first-order valence-corrected chi connectivity index (χ1v) is 10.1. The molecule has 26 heavy (non-hydrogen) atoms. The number of amides is 2. The first-order valence-electron chi connectivity index (χ1n) is 8.42. The molecule has 0 radical (unpaired) electrons. The molecule has 0 atom stereocenters. The van der Waals surface area contributed by atoms with Crippen molar-refractivity contribution in [3.63, 3.8) is 0 Å². The van der Waals surface area contributed by atoms with E-state index in [1.165, 1.54) is 16.7 Å². The molecule has 0 aromatic heterocycles. The van der Waals surface area contributed by atoms with Gasteiger partial charge in [0.15, 0.2) is 0 Å². The average molecular weight is 430 g/mol. The van der Waals surface area contributed by atoms with Gasteiger partial charge < -0.3 is 0 Å². The van der Waals surface area contributed by atoms with Crippen molar-refractivity contribution in [1.29, 1.82) is 0 Å². The largest absolute Gasteiger partial charge is 0.272 e. The number of carbonyl (C=O) groups excluding carboxylic acids is 2. The molecule has 2 aromatic carbocycles. The van der Waals surface area contributed by atoms with Gasteiger partial charge in [-0.3, -0.25) is 9.59 Å². The highest BCUT2D eigenvalue weighted by Crippen LogP contribution is 2.40. The van der Waals surface area contributed by atoms with Gasteiger partial charge in [0.2, 0.25) is 0 Å². The molecule has 1 aliphatic heterocycles. The second kappa shape index (κ2) is 7.41. The Labute approximate surface area is 166 Å². The number of rotatable bonds is 4. The van der Waals surface area contributed by atoms with Crippen LogP contribution in [0.5, 0.6) is 0 Å². The Morgan fingerprint density at radius 2 is 1.62 bits per heavy atom. The van der Waals surface area contributed by atoms with Gasteiger partial charge in [0.05, 0.1) is 16.2 Å². The number of hydrogen-bond acceptors (Lipinski definition) is 3. The molecule has 0 saturated carbocycles. The fraction of sp³-hybridized carbons (Fsp3) is 0.238. The van der Waals surface area contributed by atoms with Gasteiger partial charge in [-0.25, -0.2) is 4.90 Å². The number of halogens is 1. The molecule has 0 unspecified atom stereocenters. The molecule has 5 heteroatoms. The van der Waals surface area contributed by atoms with Crippen LogP contribution < -0.4 is 4.90 Å². The summed E-state index contributed by atoms with van der Waals surface area (Å²) in [4.78, 5) is 28.2. The summed E-state index contributed by atoms with van der Waals surface area (Å²) in [6.07, 6.45) is 0. The highest BCUT2D eigenvalue weighted by Gasteiger charge is 2.40. The lowest BCUT2D eigenvalue weighted by atomic mass is 9.99. The number of imide groups is 1. The predicted molar refractivity (Wildman–Crippen MR) is 112 cm³/mol. The van der Waals surface area contributed by atoms with Crippen molar-refractivity contribution in [2.45, 2.75) is 32.9 Å². The second-order valence-corrected chi connectivity index (χ2v) is 9.11. The van der Waals surface area contributed by atoms with Crippen LogP contribution in [0.25, 0.3) is 5.57 Å². The monoisotopic (exact) mass is 429 g/mol. The van der Waals surface area contributed by atoms with Crippen LogP contribution >= 0.6 is 27.7 Å². The molecule has 0 aliphatic carbocycles. The minimum absolute atomic E-state index is 0.201. The Morgan fingerprint density at radius 1 is 0.962 bits per heavy atom. The standard InChI is InChI=1S/C21H20BrNO2S/c1-12(2)26-19-18(17-10-5-13(3)11-14(17)4)20(24)23(21(19)25)16-8-6-15(22)7-9-16/h5-12H,1-4H3. The molecule has 0 spiro atoms. The van der Waals surface area contributed by atoms with Crippen LogP contribution in [0.15, 0.2) is 51.8 Å². The van der Waals surface area contributed by atoms with Gasteiger partial charge >= 0.3 is 0 Å². The van der Waals surface area contributed by atoms with Crippen LogP contribution in [-0.2, 0) is 9.59 Å². The summed E-state index contributed by atoms with van der Waals surface area (Å²) in [5.41, 5.74) is 4.06. The van der Waals surface area contributed by atoms with Crippen LogP contribution in [-0.4, -0.2) is 17.1 Å². The van der Waals surface area contributed by atoms with Crippen LogP contribution in [0.3, 0.4) is 0 Å². The quantitative estimate of drug-likeness (QED) is 0.602. The van der Waals surface area contributed by atoms with Crippen molar-refractivity contribution in [3.8, 4) is 0 Å². The Morgan fingerprint density at radius 3 is 2.19 bits per heavy atom. The van der Waals surface area contributed by atoms with Gasteiger partial charge in [0.1, 0.15) is 0 Å². The van der Waals surface area contributed by atoms with E-state index in [4.69, 9.17) is 0 Å². The SMILES string of the molecule is Cc1ccc(C2=C(SC(C)C)C(=O)N(c3ccc(Br)cc3)C2=O)c(C)c1. The van der Waals surface area contributed by atoms with E-state index in [1.807, 2.05) is 58.0 Å². The molecule has 2 aromatic rings. The molecule has 0 bridgehead atoms. The summed E-state index contributed by atoms with van der Waals surface area (Å²) in [5.74, 6) is -0.501. The molecule has 1 heterocycles. The van der Waals surface area contributed by atoms with Crippen LogP contribution in [0.1, 0.15) is 30.5 Å². The van der Waals surface area contributed by atoms with E-state index < -0.39 is 0 Å². The summed E-state index contributed by atoms with van der Waals surface area (Å²) in [6, 6.07) is 13.2. The predicted octanol–water partition coefficient (Wildman–Crippen LogP) is 5.49. The van der Waals surface area contributed by atoms with Crippen molar-refractivity contribution in [1.82, 2.24) is 0 Å². The second-order valence-electron chi connectivity index (χ2n) is 6.61. The van der Waals surface area contributed by atoms with Crippen molar-refractivity contribution in [3.05, 3.63) is 68.5 Å². The van der Waals surface area contributed by atoms with E-state index in [9.17, 15) is 9.59 Å². The maximum Gasteiger partial charge on any atom is 0.272 e. The van der Waals surface area contributed by atoms with E-state index >= 15 is 0 Å². The molecule has 0 saturated heterocycles. The summed E-state index contributed by atoms with van der Waals surface area (Å²) < 4.78 is 0.902. The highest BCUT2D eigenvalue weighted by atomic mass is 79.9. The third-order valence-corrected chi connectivity index (χ3v) is 5.75. The zero-order valence-electron chi connectivity index (χ0n) is 15.2. The summed E-state index contributed by atoms with van der Waals surface area (Å²) in [6.45, 7) is 8.05. The van der Waals surface area contributed by atoms with Gasteiger partial charge in [-0.05, 0) is 49.2 Å². The lowest BCUT2D eigenvalue weighted by molar-refractivity contribution is -0.119. The number of hydrogen-bond donors (Lipinski definition) is 0. The summed E-state index contributed by atoms with van der Waals surface area (Å²) in [7, 11) is 0. The Kier molecular flexibility index (Phi) is 5.39. The molecule has 3 nitrogen and oxygen atoms in total. The van der Waals surface area contributed by atoms with Gasteiger partial charge in [-0.2, -0.15) is 0 Å². The zero-order chi connectivity index (χ0) is 19.0. The number of nitrogens with zero attached hydrogens (tertiary/aromatic N) is 1. The third-order valence-electron chi connectivity index (χ3n) is 4.13. The van der Waals surface area contributed by atoms with Gasteiger partial charge in [0.25, 0.3) is 11.8 Å². The highest BCUT2D eigenvalue weighted by molar-refractivity contribution is 9.10. The molecule has 0 N–H and O–H groups in total. The smallest absolute Gasteiger partial charge is 0.268 e. The number of aryl methyl sites for hydroxylation is 2. The van der Waals surface area contributed by atoms with Crippen molar-refractivity contribution in [2.24, 2.45) is 0 Å². The van der Waals surface area contributed by atoms with Crippen molar-refractivity contribution >= 4 is 50.8 Å². The van der Waals surface area contributed by atoms with E-state index in [1.54, 1.807) is 12.1 Å². The van der Waals surface area contributed by atoms with E-state index in [-0.39, 0.29) is 17.1 Å². The molecular weight excluding hydrogens is 410 g/mol. The van der Waals surface area contributed by atoms with E-state index in [0.717, 1.165) is 21.2 Å². The lowest BCUT2D eigenvalue weighted by Gasteiger charge is -2.15. The van der Waals surface area contributed by atoms with Crippen molar-refractivity contribution < 1.29 is 9.59 Å². The normalized spacial score (nSPS) is 14.8. The number of thioether (sulfide) groups is 1. The molecule has 2 amide bonds. The average Bonchev–Trinajstić information content (AvgIpc) is 2.79. The maximum absolute atomic E-state index is 13.3. The lowest BCUT2D eigenvalue weighted by Crippen LogP contribution is -2.31. The molecule has 1 aliphatic rings. The number of anilines is 1. The Balaban J connectivity index is 2.14. The minimum Gasteiger partial charge on any atom is -0.268 e. The zero-order valence-corrected chi connectivity index (χ0v) is 17.6. The van der Waals surface area contributed by atoms with E-state index in [2.05, 4.69) is 15.9 Å². The first-order chi connectivity index (χ1) is 12.3. The van der Waals surface area contributed by atoms with Crippen molar-refractivity contribution in [2.75, 3.05) is 4.90 Å². The fourth-order valence-electron chi connectivity index (χ4n) is 3.01. The Bertz CT molecular complexity index is 916.